The molecule has 4 nitrogen and oxygen atoms in total. The third kappa shape index (κ3) is 2.40. The minimum Gasteiger partial charge on any atom is -0.360 e. The van der Waals surface area contributed by atoms with Gasteiger partial charge in [0.05, 0.1) is 0 Å². The fraction of sp³-hybridized carbons (Fsp3) is 0.933. The van der Waals surface area contributed by atoms with Crippen molar-refractivity contribution in [2.45, 2.75) is 44.8 Å². The van der Waals surface area contributed by atoms with E-state index in [-0.39, 0.29) is 5.72 Å². The summed E-state index contributed by atoms with van der Waals surface area (Å²) in [5, 5.41) is 0. The molecular weight excluding hydrogens is 240 g/mol. The molecule has 0 aromatic heterocycles. The highest BCUT2D eigenvalue weighted by Gasteiger charge is 2.50. The molecule has 1 aliphatic carbocycles. The van der Waals surface area contributed by atoms with Crippen LogP contribution in [0.3, 0.4) is 0 Å². The van der Waals surface area contributed by atoms with E-state index < -0.39 is 0 Å². The van der Waals surface area contributed by atoms with E-state index in [0.29, 0.717) is 5.92 Å². The average molecular weight is 266 g/mol. The molecule has 3 fully saturated rings. The number of ether oxygens (including phenoxy) is 1. The number of hydrogen-bond acceptors (Lipinski definition) is 3. The Morgan fingerprint density at radius 1 is 1.16 bits per heavy atom. The molecular formula is C15H26N2O2. The van der Waals surface area contributed by atoms with Gasteiger partial charge < -0.3 is 9.64 Å². The molecule has 0 bridgehead atoms. The van der Waals surface area contributed by atoms with E-state index in [0.717, 1.165) is 45.1 Å². The fourth-order valence-electron chi connectivity index (χ4n) is 4.11. The molecule has 1 saturated carbocycles. The molecule has 108 valence electrons. The minimum absolute atomic E-state index is 0.000264. The maximum absolute atomic E-state index is 10.8. The Balaban J connectivity index is 1.70. The molecule has 1 unspecified atom stereocenters. The van der Waals surface area contributed by atoms with E-state index >= 15 is 0 Å². The predicted octanol–water partition coefficient (Wildman–Crippen LogP) is 1.70. The van der Waals surface area contributed by atoms with Gasteiger partial charge in [0, 0.05) is 38.7 Å². The lowest BCUT2D eigenvalue weighted by atomic mass is 9.67. The number of carbonyl (C=O) groups excluding carboxylic acids is 1. The van der Waals surface area contributed by atoms with E-state index in [1.54, 1.807) is 0 Å². The van der Waals surface area contributed by atoms with Gasteiger partial charge in [0.25, 0.3) is 0 Å². The van der Waals surface area contributed by atoms with Gasteiger partial charge in [-0.3, -0.25) is 9.69 Å². The molecule has 19 heavy (non-hydrogen) atoms. The molecule has 0 radical (unpaired) electrons. The zero-order valence-corrected chi connectivity index (χ0v) is 12.0. The first-order valence-electron chi connectivity index (χ1n) is 7.83. The van der Waals surface area contributed by atoms with Crippen LogP contribution in [0, 0.1) is 11.8 Å². The van der Waals surface area contributed by atoms with Crippen molar-refractivity contribution in [3.8, 4) is 0 Å². The van der Waals surface area contributed by atoms with Crippen LogP contribution in [0.5, 0.6) is 0 Å². The number of rotatable bonds is 3. The molecule has 1 amide bonds. The molecule has 4 heteroatoms. The second kappa shape index (κ2) is 5.41. The van der Waals surface area contributed by atoms with Gasteiger partial charge in [0.2, 0.25) is 6.41 Å². The lowest BCUT2D eigenvalue weighted by Gasteiger charge is -2.56. The van der Waals surface area contributed by atoms with Gasteiger partial charge in [-0.1, -0.05) is 6.92 Å². The summed E-state index contributed by atoms with van der Waals surface area (Å²) in [7, 11) is 0. The maximum Gasteiger partial charge on any atom is 0.209 e. The molecule has 2 saturated heterocycles. The SMILES string of the molecule is CC1CC(C2(N3CCN(C=O)CC3)CCCCO2)C1. The summed E-state index contributed by atoms with van der Waals surface area (Å²) in [6.45, 7) is 6.93. The van der Waals surface area contributed by atoms with E-state index in [4.69, 9.17) is 4.74 Å². The first-order chi connectivity index (χ1) is 9.24. The lowest BCUT2D eigenvalue weighted by molar-refractivity contribution is -0.239. The minimum atomic E-state index is -0.000264. The summed E-state index contributed by atoms with van der Waals surface area (Å²) >= 11 is 0. The number of amides is 1. The van der Waals surface area contributed by atoms with Crippen molar-refractivity contribution in [1.29, 1.82) is 0 Å². The largest absolute Gasteiger partial charge is 0.360 e. The zero-order chi connectivity index (χ0) is 13.3. The van der Waals surface area contributed by atoms with Crippen LogP contribution in [0.25, 0.3) is 0 Å². The highest BCUT2D eigenvalue weighted by Crippen LogP contribution is 2.48. The van der Waals surface area contributed by atoms with E-state index in [1.165, 1.54) is 32.1 Å². The highest BCUT2D eigenvalue weighted by atomic mass is 16.5. The number of nitrogens with zero attached hydrogens (tertiary/aromatic N) is 2. The van der Waals surface area contributed by atoms with E-state index in [1.807, 2.05) is 4.90 Å². The van der Waals surface area contributed by atoms with Gasteiger partial charge in [0.15, 0.2) is 0 Å². The summed E-state index contributed by atoms with van der Waals surface area (Å²) in [5.41, 5.74) is -0.000264. The molecule has 2 aliphatic heterocycles. The normalized spacial score (nSPS) is 40.8. The van der Waals surface area contributed by atoms with Crippen LogP contribution in [-0.2, 0) is 9.53 Å². The Bertz CT molecular complexity index is 314. The molecule has 3 rings (SSSR count). The van der Waals surface area contributed by atoms with Crippen LogP contribution in [0.15, 0.2) is 0 Å². The molecule has 0 spiro atoms. The van der Waals surface area contributed by atoms with Gasteiger partial charge in [-0.15, -0.1) is 0 Å². The zero-order valence-electron chi connectivity index (χ0n) is 12.0. The number of piperazine rings is 1. The predicted molar refractivity (Wildman–Crippen MR) is 73.6 cm³/mol. The van der Waals surface area contributed by atoms with Crippen molar-refractivity contribution in [2.75, 3.05) is 32.8 Å². The Hall–Kier alpha value is -0.610. The molecule has 1 atom stereocenters. The maximum atomic E-state index is 10.8. The fourth-order valence-corrected chi connectivity index (χ4v) is 4.11. The first-order valence-corrected chi connectivity index (χ1v) is 7.83. The topological polar surface area (TPSA) is 32.8 Å². The Kier molecular flexibility index (Phi) is 3.81. The molecule has 0 aromatic rings. The molecule has 0 N–H and O–H groups in total. The quantitative estimate of drug-likeness (QED) is 0.729. The van der Waals surface area contributed by atoms with Crippen LogP contribution in [0.1, 0.15) is 39.0 Å². The van der Waals surface area contributed by atoms with Gasteiger partial charge in [-0.2, -0.15) is 0 Å². The lowest BCUT2D eigenvalue weighted by Crippen LogP contribution is -2.64. The van der Waals surface area contributed by atoms with E-state index in [9.17, 15) is 4.79 Å². The van der Waals surface area contributed by atoms with Crippen molar-refractivity contribution in [1.82, 2.24) is 9.80 Å². The Morgan fingerprint density at radius 3 is 2.42 bits per heavy atom. The molecule has 2 heterocycles. The van der Waals surface area contributed by atoms with Crippen LogP contribution in [-0.4, -0.2) is 54.7 Å². The first kappa shape index (κ1) is 13.4. The second-order valence-corrected chi connectivity index (χ2v) is 6.55. The van der Waals surface area contributed by atoms with Gasteiger partial charge in [-0.05, 0) is 38.0 Å². The number of carbonyl (C=O) groups is 1. The van der Waals surface area contributed by atoms with Crippen molar-refractivity contribution < 1.29 is 9.53 Å². The molecule has 0 aromatic carbocycles. The Morgan fingerprint density at radius 2 is 1.89 bits per heavy atom. The summed E-state index contributed by atoms with van der Waals surface area (Å²) in [5.74, 6) is 1.58. The summed E-state index contributed by atoms with van der Waals surface area (Å²) in [4.78, 5) is 15.3. The van der Waals surface area contributed by atoms with Crippen LogP contribution < -0.4 is 0 Å². The van der Waals surface area contributed by atoms with E-state index in [2.05, 4.69) is 11.8 Å². The van der Waals surface area contributed by atoms with Crippen molar-refractivity contribution in [3.63, 3.8) is 0 Å². The van der Waals surface area contributed by atoms with Crippen LogP contribution >= 0.6 is 0 Å². The average Bonchev–Trinajstić information content (AvgIpc) is 2.45. The highest BCUT2D eigenvalue weighted by molar-refractivity contribution is 5.47. The Labute approximate surface area is 116 Å². The smallest absolute Gasteiger partial charge is 0.209 e. The van der Waals surface area contributed by atoms with Gasteiger partial charge >= 0.3 is 0 Å². The van der Waals surface area contributed by atoms with Crippen LogP contribution in [0.2, 0.25) is 0 Å². The van der Waals surface area contributed by atoms with Crippen molar-refractivity contribution >= 4 is 6.41 Å². The standard InChI is InChI=1S/C15H26N2O2/c1-13-10-14(11-13)15(4-2-3-9-19-15)17-7-5-16(12-18)6-8-17/h12-14H,2-11H2,1H3. The van der Waals surface area contributed by atoms with Crippen LogP contribution in [0.4, 0.5) is 0 Å². The second-order valence-electron chi connectivity index (χ2n) is 6.55. The van der Waals surface area contributed by atoms with Gasteiger partial charge in [-0.25, -0.2) is 0 Å². The summed E-state index contributed by atoms with van der Waals surface area (Å²) in [6.07, 6.45) is 7.29. The summed E-state index contributed by atoms with van der Waals surface area (Å²) < 4.78 is 6.35. The van der Waals surface area contributed by atoms with Crippen molar-refractivity contribution in [2.24, 2.45) is 11.8 Å². The monoisotopic (exact) mass is 266 g/mol. The third-order valence-corrected chi connectivity index (χ3v) is 5.29. The third-order valence-electron chi connectivity index (χ3n) is 5.29. The summed E-state index contributed by atoms with van der Waals surface area (Å²) in [6, 6.07) is 0. The number of hydrogen-bond donors (Lipinski definition) is 0. The molecule has 3 aliphatic rings. The van der Waals surface area contributed by atoms with Gasteiger partial charge in [0.1, 0.15) is 5.72 Å². The van der Waals surface area contributed by atoms with Crippen molar-refractivity contribution in [3.05, 3.63) is 0 Å².